The zero-order valence-electron chi connectivity index (χ0n) is 21.5. The first kappa shape index (κ1) is 29.3. The van der Waals surface area contributed by atoms with Crippen molar-refractivity contribution in [1.82, 2.24) is 10.2 Å². The largest absolute Gasteiger partial charge is 0.352 e. The van der Waals surface area contributed by atoms with Gasteiger partial charge in [-0.15, -0.1) is 0 Å². The minimum atomic E-state index is -4.15. The predicted octanol–water partition coefficient (Wildman–Crippen LogP) is 5.12. The average Bonchev–Trinajstić information content (AvgIpc) is 2.91. The van der Waals surface area contributed by atoms with E-state index in [1.54, 1.807) is 55.5 Å². The van der Waals surface area contributed by atoms with Gasteiger partial charge in [0.2, 0.25) is 11.8 Å². The summed E-state index contributed by atoms with van der Waals surface area (Å²) < 4.78 is 43.7. The van der Waals surface area contributed by atoms with Gasteiger partial charge in [-0.25, -0.2) is 12.8 Å². The van der Waals surface area contributed by atoms with Gasteiger partial charge in [-0.1, -0.05) is 59.3 Å². The molecule has 0 saturated heterocycles. The lowest BCUT2D eigenvalue weighted by Gasteiger charge is -2.32. The standard InChI is InChI=1S/C28H31BrFN3O4S/c1-4-20(2)31-28(35)21(3)32(18-22-10-8-9-13-26(22)30)27(34)19-33(24-16-14-23(29)15-17-24)38(36,37)25-11-6-5-7-12-25/h5-17,20-21H,4,18-19H2,1-3H3,(H,31,35)/t20-,21-/m1/s1. The van der Waals surface area contributed by atoms with Gasteiger partial charge in [-0.2, -0.15) is 0 Å². The van der Waals surface area contributed by atoms with E-state index in [2.05, 4.69) is 21.2 Å². The van der Waals surface area contributed by atoms with E-state index in [1.807, 2.05) is 13.8 Å². The second-order valence-electron chi connectivity index (χ2n) is 8.91. The minimum Gasteiger partial charge on any atom is -0.352 e. The van der Waals surface area contributed by atoms with Gasteiger partial charge in [0.25, 0.3) is 10.0 Å². The van der Waals surface area contributed by atoms with Crippen LogP contribution in [0.2, 0.25) is 0 Å². The summed E-state index contributed by atoms with van der Waals surface area (Å²) in [5.74, 6) is -1.59. The number of benzene rings is 3. The summed E-state index contributed by atoms with van der Waals surface area (Å²) in [6.45, 7) is 4.51. The highest BCUT2D eigenvalue weighted by Crippen LogP contribution is 2.26. The molecule has 3 rings (SSSR count). The number of sulfonamides is 1. The maximum atomic E-state index is 14.6. The van der Waals surface area contributed by atoms with Crippen LogP contribution in [0.4, 0.5) is 10.1 Å². The Balaban J connectivity index is 2.02. The molecule has 3 aromatic rings. The number of carbonyl (C=O) groups is 2. The predicted molar refractivity (Wildman–Crippen MR) is 149 cm³/mol. The fourth-order valence-corrected chi connectivity index (χ4v) is 5.41. The van der Waals surface area contributed by atoms with Crippen LogP contribution in [0.5, 0.6) is 0 Å². The van der Waals surface area contributed by atoms with Gasteiger partial charge in [-0.05, 0) is 62.7 Å². The second-order valence-corrected chi connectivity index (χ2v) is 11.7. The summed E-state index contributed by atoms with van der Waals surface area (Å²) in [5.41, 5.74) is 0.484. The third-order valence-corrected chi connectivity index (χ3v) is 8.51. The Morgan fingerprint density at radius 1 is 0.947 bits per heavy atom. The van der Waals surface area contributed by atoms with Gasteiger partial charge in [0.1, 0.15) is 18.4 Å². The summed E-state index contributed by atoms with van der Waals surface area (Å²) in [7, 11) is -4.15. The topological polar surface area (TPSA) is 86.8 Å². The van der Waals surface area contributed by atoms with Crippen molar-refractivity contribution in [2.45, 2.75) is 50.7 Å². The van der Waals surface area contributed by atoms with Crippen LogP contribution in [-0.2, 0) is 26.2 Å². The highest BCUT2D eigenvalue weighted by atomic mass is 79.9. The van der Waals surface area contributed by atoms with Crippen LogP contribution < -0.4 is 9.62 Å². The minimum absolute atomic E-state index is 0.0129. The lowest BCUT2D eigenvalue weighted by atomic mass is 10.1. The van der Waals surface area contributed by atoms with Crippen LogP contribution in [0.25, 0.3) is 0 Å². The average molecular weight is 605 g/mol. The van der Waals surface area contributed by atoms with Gasteiger partial charge in [-0.3, -0.25) is 13.9 Å². The van der Waals surface area contributed by atoms with Crippen molar-refractivity contribution in [1.29, 1.82) is 0 Å². The van der Waals surface area contributed by atoms with Gasteiger partial charge >= 0.3 is 0 Å². The molecule has 0 bridgehead atoms. The van der Waals surface area contributed by atoms with E-state index in [1.165, 1.54) is 35.2 Å². The Morgan fingerprint density at radius 2 is 1.55 bits per heavy atom. The van der Waals surface area contributed by atoms with Crippen LogP contribution in [0.15, 0.2) is 88.2 Å². The number of halogens is 2. The molecule has 0 aromatic heterocycles. The number of rotatable bonds is 11. The second kappa shape index (κ2) is 13.0. The molecule has 0 unspecified atom stereocenters. The molecule has 1 N–H and O–H groups in total. The van der Waals surface area contributed by atoms with Crippen LogP contribution in [-0.4, -0.2) is 43.8 Å². The van der Waals surface area contributed by atoms with E-state index in [9.17, 15) is 22.4 Å². The van der Waals surface area contributed by atoms with Crippen molar-refractivity contribution in [3.8, 4) is 0 Å². The van der Waals surface area contributed by atoms with Crippen molar-refractivity contribution < 1.29 is 22.4 Å². The first-order valence-electron chi connectivity index (χ1n) is 12.2. The lowest BCUT2D eigenvalue weighted by Crippen LogP contribution is -2.52. The zero-order chi connectivity index (χ0) is 27.9. The van der Waals surface area contributed by atoms with E-state index in [0.717, 1.165) is 8.78 Å². The van der Waals surface area contributed by atoms with Gasteiger partial charge in [0, 0.05) is 22.6 Å². The highest BCUT2D eigenvalue weighted by molar-refractivity contribution is 9.10. The summed E-state index contributed by atoms with van der Waals surface area (Å²) in [6.07, 6.45) is 0.687. The summed E-state index contributed by atoms with van der Waals surface area (Å²) in [4.78, 5) is 28.0. The highest BCUT2D eigenvalue weighted by Gasteiger charge is 2.33. The van der Waals surface area contributed by atoms with Gasteiger partial charge in [0.05, 0.1) is 10.6 Å². The molecule has 0 aliphatic heterocycles. The normalized spacial score (nSPS) is 12.9. The molecule has 0 aliphatic rings. The molecule has 0 spiro atoms. The molecule has 202 valence electrons. The molecule has 0 radical (unpaired) electrons. The number of anilines is 1. The number of amides is 2. The van der Waals surface area contributed by atoms with Crippen LogP contribution in [0.1, 0.15) is 32.8 Å². The fraction of sp³-hybridized carbons (Fsp3) is 0.286. The smallest absolute Gasteiger partial charge is 0.264 e. The summed E-state index contributed by atoms with van der Waals surface area (Å²) in [6, 6.07) is 19.2. The number of nitrogens with one attached hydrogen (secondary N) is 1. The van der Waals surface area contributed by atoms with Gasteiger partial charge < -0.3 is 10.2 Å². The Morgan fingerprint density at radius 3 is 2.16 bits per heavy atom. The number of carbonyl (C=O) groups excluding carboxylic acids is 2. The molecule has 0 fully saturated rings. The van der Waals surface area contributed by atoms with E-state index in [0.29, 0.717) is 6.42 Å². The van der Waals surface area contributed by atoms with Crippen LogP contribution in [0.3, 0.4) is 0 Å². The number of nitrogens with zero attached hydrogens (tertiary/aromatic N) is 2. The molecule has 0 heterocycles. The molecule has 0 saturated carbocycles. The molecular weight excluding hydrogens is 573 g/mol. The SMILES string of the molecule is CC[C@@H](C)NC(=O)[C@@H](C)N(Cc1ccccc1F)C(=O)CN(c1ccc(Br)cc1)S(=O)(=O)c1ccccc1. The Kier molecular flexibility index (Phi) is 10.0. The van der Waals surface area contributed by atoms with Crippen LogP contribution in [0, 0.1) is 5.82 Å². The van der Waals surface area contributed by atoms with Crippen molar-refractivity contribution in [3.63, 3.8) is 0 Å². The molecule has 2 amide bonds. The monoisotopic (exact) mass is 603 g/mol. The number of hydrogen-bond acceptors (Lipinski definition) is 4. The lowest BCUT2D eigenvalue weighted by molar-refractivity contribution is -0.139. The first-order valence-corrected chi connectivity index (χ1v) is 14.4. The molecule has 0 aliphatic carbocycles. The van der Waals surface area contributed by atoms with Crippen molar-refractivity contribution in [2.75, 3.05) is 10.8 Å². The molecule has 38 heavy (non-hydrogen) atoms. The first-order chi connectivity index (χ1) is 18.0. The molecule has 2 atom stereocenters. The van der Waals surface area contributed by atoms with E-state index in [-0.39, 0.29) is 28.7 Å². The Bertz CT molecular complexity index is 1350. The van der Waals surface area contributed by atoms with Crippen molar-refractivity contribution in [2.24, 2.45) is 0 Å². The molecular formula is C28H31BrFN3O4S. The van der Waals surface area contributed by atoms with E-state index < -0.39 is 40.2 Å². The number of hydrogen-bond donors (Lipinski definition) is 1. The van der Waals surface area contributed by atoms with Crippen molar-refractivity contribution in [3.05, 3.63) is 94.7 Å². The van der Waals surface area contributed by atoms with Crippen molar-refractivity contribution >= 4 is 43.5 Å². The van der Waals surface area contributed by atoms with E-state index >= 15 is 0 Å². The zero-order valence-corrected chi connectivity index (χ0v) is 23.9. The summed E-state index contributed by atoms with van der Waals surface area (Å²) >= 11 is 3.35. The molecule has 3 aromatic carbocycles. The quantitative estimate of drug-likeness (QED) is 0.330. The fourth-order valence-electron chi connectivity index (χ4n) is 3.71. The molecule has 7 nitrogen and oxygen atoms in total. The molecule has 10 heteroatoms. The third-order valence-electron chi connectivity index (χ3n) is 6.19. The maximum absolute atomic E-state index is 14.6. The van der Waals surface area contributed by atoms with E-state index in [4.69, 9.17) is 0 Å². The summed E-state index contributed by atoms with van der Waals surface area (Å²) in [5, 5.41) is 2.85. The van der Waals surface area contributed by atoms with Crippen LogP contribution >= 0.6 is 15.9 Å². The third kappa shape index (κ3) is 7.20. The maximum Gasteiger partial charge on any atom is 0.264 e. The Hall–Kier alpha value is -3.24. The Labute approximate surface area is 231 Å². The van der Waals surface area contributed by atoms with Gasteiger partial charge in [0.15, 0.2) is 0 Å².